The highest BCUT2D eigenvalue weighted by atomic mass is 79.9. The Morgan fingerprint density at radius 2 is 2.33 bits per heavy atom. The second-order valence-corrected chi connectivity index (χ2v) is 3.74. The largest absolute Gasteiger partial charge is 0.478 e. The van der Waals surface area contributed by atoms with Crippen LogP contribution in [0.5, 0.6) is 0 Å². The molecule has 0 aliphatic rings. The van der Waals surface area contributed by atoms with E-state index in [0.29, 0.717) is 12.1 Å². The number of benzene rings is 1. The van der Waals surface area contributed by atoms with Crippen LogP contribution in [0, 0.1) is 11.8 Å². The van der Waals surface area contributed by atoms with Gasteiger partial charge in [0.1, 0.15) is 0 Å². The number of halogens is 1. The summed E-state index contributed by atoms with van der Waals surface area (Å²) in [6.45, 7) is 0.533. The summed E-state index contributed by atoms with van der Waals surface area (Å²) >= 11 is 3.28. The van der Waals surface area contributed by atoms with Crippen molar-refractivity contribution < 1.29 is 9.90 Å². The molecule has 2 N–H and O–H groups in total. The highest BCUT2D eigenvalue weighted by Gasteiger charge is 2.07. The monoisotopic (exact) mass is 267 g/mol. The Balaban J connectivity index is 3.09. The fourth-order valence-corrected chi connectivity index (χ4v) is 1.40. The molecule has 1 rings (SSSR count). The Labute approximate surface area is 96.6 Å². The molecule has 4 heteroatoms. The Bertz CT molecular complexity index is 432. The molecule has 78 valence electrons. The summed E-state index contributed by atoms with van der Waals surface area (Å²) in [5.41, 5.74) is 0.744. The normalized spacial score (nSPS) is 9.20. The van der Waals surface area contributed by atoms with Crippen LogP contribution < -0.4 is 5.32 Å². The van der Waals surface area contributed by atoms with Gasteiger partial charge in [-0.15, -0.1) is 0 Å². The van der Waals surface area contributed by atoms with Gasteiger partial charge >= 0.3 is 5.97 Å². The van der Waals surface area contributed by atoms with E-state index in [4.69, 9.17) is 5.11 Å². The molecule has 15 heavy (non-hydrogen) atoms. The van der Waals surface area contributed by atoms with Crippen LogP contribution in [-0.2, 0) is 0 Å². The number of nitrogens with one attached hydrogen (secondary N) is 1. The summed E-state index contributed by atoms with van der Waals surface area (Å²) < 4.78 is 0.821. The van der Waals surface area contributed by atoms with Crippen LogP contribution in [0.2, 0.25) is 0 Å². The van der Waals surface area contributed by atoms with Crippen LogP contribution in [0.4, 0.5) is 0 Å². The maximum Gasteiger partial charge on any atom is 0.336 e. The van der Waals surface area contributed by atoms with E-state index in [0.717, 1.165) is 4.47 Å². The molecular formula is C11H10BrNO2. The minimum Gasteiger partial charge on any atom is -0.478 e. The van der Waals surface area contributed by atoms with Crippen molar-refractivity contribution in [3.63, 3.8) is 0 Å². The SMILES string of the molecule is CNCC#Cc1cc(Br)ccc1C(=O)O. The molecule has 0 saturated heterocycles. The average molecular weight is 268 g/mol. The molecule has 3 nitrogen and oxygen atoms in total. The summed E-state index contributed by atoms with van der Waals surface area (Å²) in [4.78, 5) is 10.9. The first-order valence-corrected chi connectivity index (χ1v) is 5.10. The lowest BCUT2D eigenvalue weighted by molar-refractivity contribution is 0.0696. The molecule has 0 amide bonds. The van der Waals surface area contributed by atoms with Crippen LogP contribution in [0.1, 0.15) is 15.9 Å². The topological polar surface area (TPSA) is 49.3 Å². The van der Waals surface area contributed by atoms with Gasteiger partial charge in [-0.2, -0.15) is 0 Å². The number of hydrogen-bond donors (Lipinski definition) is 2. The number of carbonyl (C=O) groups is 1. The quantitative estimate of drug-likeness (QED) is 0.803. The predicted octanol–water partition coefficient (Wildman–Crippen LogP) is 1.72. The third-order valence-electron chi connectivity index (χ3n) is 1.70. The van der Waals surface area contributed by atoms with Gasteiger partial charge in [-0.25, -0.2) is 4.79 Å². The average Bonchev–Trinajstić information content (AvgIpc) is 2.18. The van der Waals surface area contributed by atoms with Crippen LogP contribution in [0.3, 0.4) is 0 Å². The first-order chi connectivity index (χ1) is 7.15. The highest BCUT2D eigenvalue weighted by Crippen LogP contribution is 2.15. The van der Waals surface area contributed by atoms with Crippen molar-refractivity contribution in [3.05, 3.63) is 33.8 Å². The molecule has 0 bridgehead atoms. The van der Waals surface area contributed by atoms with E-state index in [1.54, 1.807) is 19.2 Å². The number of carboxylic acids is 1. The molecule has 0 spiro atoms. The molecule has 0 saturated carbocycles. The fraction of sp³-hybridized carbons (Fsp3) is 0.182. The molecule has 1 aromatic carbocycles. The lowest BCUT2D eigenvalue weighted by Gasteiger charge is -1.99. The van der Waals surface area contributed by atoms with Crippen molar-refractivity contribution >= 4 is 21.9 Å². The van der Waals surface area contributed by atoms with Crippen molar-refractivity contribution in [1.82, 2.24) is 5.32 Å². The molecule has 0 radical (unpaired) electrons. The number of rotatable bonds is 2. The summed E-state index contributed by atoms with van der Waals surface area (Å²) in [6.07, 6.45) is 0. The summed E-state index contributed by atoms with van der Waals surface area (Å²) in [5.74, 6) is 4.68. The molecule has 0 aliphatic heterocycles. The van der Waals surface area contributed by atoms with E-state index >= 15 is 0 Å². The van der Waals surface area contributed by atoms with Crippen molar-refractivity contribution in [2.45, 2.75) is 0 Å². The Morgan fingerprint density at radius 1 is 1.60 bits per heavy atom. The summed E-state index contributed by atoms with van der Waals surface area (Å²) in [6, 6.07) is 4.93. The van der Waals surface area contributed by atoms with Gasteiger partial charge in [-0.05, 0) is 25.2 Å². The van der Waals surface area contributed by atoms with Crippen molar-refractivity contribution in [3.8, 4) is 11.8 Å². The van der Waals surface area contributed by atoms with Gasteiger partial charge in [0.2, 0.25) is 0 Å². The van der Waals surface area contributed by atoms with Gasteiger partial charge in [-0.3, -0.25) is 0 Å². The number of carboxylic acid groups (broad SMARTS) is 1. The van der Waals surface area contributed by atoms with Crippen LogP contribution in [-0.4, -0.2) is 24.7 Å². The molecular weight excluding hydrogens is 258 g/mol. The Kier molecular flexibility index (Phi) is 4.35. The van der Waals surface area contributed by atoms with Gasteiger partial charge < -0.3 is 10.4 Å². The predicted molar refractivity (Wildman–Crippen MR) is 61.9 cm³/mol. The number of aromatic carboxylic acids is 1. The van der Waals surface area contributed by atoms with E-state index in [2.05, 4.69) is 33.1 Å². The van der Waals surface area contributed by atoms with E-state index in [-0.39, 0.29) is 5.56 Å². The zero-order valence-electron chi connectivity index (χ0n) is 8.17. The third-order valence-corrected chi connectivity index (χ3v) is 2.19. The third kappa shape index (κ3) is 3.39. The molecule has 0 unspecified atom stereocenters. The molecule has 1 aromatic rings. The molecule has 0 fully saturated rings. The smallest absolute Gasteiger partial charge is 0.336 e. The van der Waals surface area contributed by atoms with Crippen LogP contribution in [0.15, 0.2) is 22.7 Å². The van der Waals surface area contributed by atoms with Crippen LogP contribution in [0.25, 0.3) is 0 Å². The van der Waals surface area contributed by atoms with E-state index in [9.17, 15) is 4.79 Å². The minimum absolute atomic E-state index is 0.224. The fourth-order valence-electron chi connectivity index (χ4n) is 1.03. The molecule has 0 heterocycles. The standard InChI is InChI=1S/C11H10BrNO2/c1-13-6-2-3-8-7-9(12)4-5-10(8)11(14)15/h4-5,7,13H,6H2,1H3,(H,14,15). The first kappa shape index (κ1) is 11.8. The zero-order valence-corrected chi connectivity index (χ0v) is 9.76. The maximum absolute atomic E-state index is 10.9. The van der Waals surface area contributed by atoms with Crippen molar-refractivity contribution in [2.75, 3.05) is 13.6 Å². The van der Waals surface area contributed by atoms with Crippen LogP contribution >= 0.6 is 15.9 Å². The van der Waals surface area contributed by atoms with E-state index < -0.39 is 5.97 Å². The van der Waals surface area contributed by atoms with Gasteiger partial charge in [0, 0.05) is 10.0 Å². The lowest BCUT2D eigenvalue weighted by Crippen LogP contribution is -2.05. The molecule has 0 aliphatic carbocycles. The molecule has 0 aromatic heterocycles. The van der Waals surface area contributed by atoms with Gasteiger partial charge in [0.15, 0.2) is 0 Å². The zero-order chi connectivity index (χ0) is 11.3. The maximum atomic E-state index is 10.9. The summed E-state index contributed by atoms with van der Waals surface area (Å²) in [5, 5.41) is 11.8. The lowest BCUT2D eigenvalue weighted by atomic mass is 10.1. The van der Waals surface area contributed by atoms with Gasteiger partial charge in [-0.1, -0.05) is 27.8 Å². The minimum atomic E-state index is -0.962. The Morgan fingerprint density at radius 3 is 2.93 bits per heavy atom. The van der Waals surface area contributed by atoms with Crippen molar-refractivity contribution in [1.29, 1.82) is 0 Å². The second kappa shape index (κ2) is 5.54. The number of hydrogen-bond acceptors (Lipinski definition) is 2. The molecule has 0 atom stereocenters. The van der Waals surface area contributed by atoms with Gasteiger partial charge in [0.05, 0.1) is 12.1 Å². The second-order valence-electron chi connectivity index (χ2n) is 2.83. The first-order valence-electron chi connectivity index (χ1n) is 4.31. The Hall–Kier alpha value is -1.31. The summed E-state index contributed by atoms with van der Waals surface area (Å²) in [7, 11) is 1.79. The van der Waals surface area contributed by atoms with Crippen molar-refractivity contribution in [2.24, 2.45) is 0 Å². The van der Waals surface area contributed by atoms with Gasteiger partial charge in [0.25, 0.3) is 0 Å². The van der Waals surface area contributed by atoms with E-state index in [1.165, 1.54) is 6.07 Å². The highest BCUT2D eigenvalue weighted by molar-refractivity contribution is 9.10. The van der Waals surface area contributed by atoms with E-state index in [1.807, 2.05) is 0 Å².